The maximum absolute atomic E-state index is 11.0. The zero-order valence-electron chi connectivity index (χ0n) is 10.5. The highest BCUT2D eigenvalue weighted by atomic mass is 35.5. The molecule has 1 atom stereocenters. The molecular formula is C13H12ClN3O2. The Kier molecular flexibility index (Phi) is 3.76. The van der Waals surface area contributed by atoms with Gasteiger partial charge >= 0.3 is 0 Å². The van der Waals surface area contributed by atoms with Crippen LogP contribution in [0.4, 0.5) is 5.69 Å². The number of halogens is 1. The molecular weight excluding hydrogens is 266 g/mol. The van der Waals surface area contributed by atoms with E-state index in [9.17, 15) is 10.1 Å². The van der Waals surface area contributed by atoms with Crippen LogP contribution in [0.1, 0.15) is 23.6 Å². The molecule has 5 nitrogen and oxygen atoms in total. The van der Waals surface area contributed by atoms with Crippen LogP contribution in [0.3, 0.4) is 0 Å². The van der Waals surface area contributed by atoms with Crippen molar-refractivity contribution in [3.8, 4) is 11.4 Å². The molecule has 0 bridgehead atoms. The molecule has 1 aromatic carbocycles. The van der Waals surface area contributed by atoms with Crippen molar-refractivity contribution in [2.75, 3.05) is 0 Å². The molecule has 2 rings (SSSR count). The number of nitro benzene ring substituents is 1. The number of alkyl halides is 1. The molecule has 0 amide bonds. The summed E-state index contributed by atoms with van der Waals surface area (Å²) < 4.78 is 0. The Morgan fingerprint density at radius 2 is 2.05 bits per heavy atom. The summed E-state index contributed by atoms with van der Waals surface area (Å²) in [5.74, 6) is 0.339. The second-order valence-electron chi connectivity index (χ2n) is 4.12. The molecule has 0 N–H and O–H groups in total. The first-order valence-corrected chi connectivity index (χ1v) is 6.15. The minimum Gasteiger partial charge on any atom is -0.258 e. The van der Waals surface area contributed by atoms with Gasteiger partial charge in [-0.15, -0.1) is 11.6 Å². The van der Waals surface area contributed by atoms with Crippen LogP contribution in [-0.4, -0.2) is 14.9 Å². The van der Waals surface area contributed by atoms with E-state index in [1.54, 1.807) is 24.4 Å². The number of benzene rings is 1. The van der Waals surface area contributed by atoms with Crippen molar-refractivity contribution in [1.29, 1.82) is 0 Å². The van der Waals surface area contributed by atoms with Crippen molar-refractivity contribution < 1.29 is 4.92 Å². The van der Waals surface area contributed by atoms with Gasteiger partial charge in [-0.3, -0.25) is 10.1 Å². The van der Waals surface area contributed by atoms with Crippen LogP contribution in [0.15, 0.2) is 30.5 Å². The minimum atomic E-state index is -0.438. The van der Waals surface area contributed by atoms with Gasteiger partial charge in [0.2, 0.25) is 0 Å². The Hall–Kier alpha value is -2.01. The lowest BCUT2D eigenvalue weighted by molar-refractivity contribution is -0.384. The SMILES string of the molecule is Cc1nc(-c2ccccc2[N+](=O)[O-])ncc1C(C)Cl. The second-order valence-corrected chi connectivity index (χ2v) is 4.78. The largest absolute Gasteiger partial charge is 0.280 e. The van der Waals surface area contributed by atoms with E-state index < -0.39 is 4.92 Å². The predicted octanol–water partition coefficient (Wildman–Crippen LogP) is 3.66. The molecule has 0 aliphatic carbocycles. The summed E-state index contributed by atoms with van der Waals surface area (Å²) in [6, 6.07) is 6.41. The third-order valence-electron chi connectivity index (χ3n) is 2.79. The monoisotopic (exact) mass is 277 g/mol. The van der Waals surface area contributed by atoms with Crippen LogP contribution >= 0.6 is 11.6 Å². The number of hydrogen-bond acceptors (Lipinski definition) is 4. The Balaban J connectivity index is 2.54. The minimum absolute atomic E-state index is 0.00595. The van der Waals surface area contributed by atoms with Crippen molar-refractivity contribution in [3.05, 3.63) is 51.8 Å². The van der Waals surface area contributed by atoms with E-state index in [2.05, 4.69) is 9.97 Å². The lowest BCUT2D eigenvalue weighted by atomic mass is 10.1. The lowest BCUT2D eigenvalue weighted by Crippen LogP contribution is -2.00. The first-order chi connectivity index (χ1) is 9.00. The Labute approximate surface area is 115 Å². The van der Waals surface area contributed by atoms with Crippen molar-refractivity contribution >= 4 is 17.3 Å². The highest BCUT2D eigenvalue weighted by Crippen LogP contribution is 2.28. The first-order valence-electron chi connectivity index (χ1n) is 5.72. The zero-order valence-corrected chi connectivity index (χ0v) is 11.3. The molecule has 1 aromatic heterocycles. The molecule has 1 unspecified atom stereocenters. The fourth-order valence-electron chi connectivity index (χ4n) is 1.82. The predicted molar refractivity (Wildman–Crippen MR) is 73.1 cm³/mol. The quantitative estimate of drug-likeness (QED) is 0.488. The average molecular weight is 278 g/mol. The molecule has 2 aromatic rings. The van der Waals surface area contributed by atoms with Gasteiger partial charge in [-0.25, -0.2) is 9.97 Å². The molecule has 0 radical (unpaired) electrons. The molecule has 0 fully saturated rings. The summed E-state index contributed by atoms with van der Waals surface area (Å²) in [7, 11) is 0. The highest BCUT2D eigenvalue weighted by molar-refractivity contribution is 6.20. The molecule has 0 aliphatic rings. The van der Waals surface area contributed by atoms with Crippen molar-refractivity contribution in [3.63, 3.8) is 0 Å². The van der Waals surface area contributed by atoms with Gasteiger partial charge in [0.1, 0.15) is 0 Å². The maximum atomic E-state index is 11.0. The third kappa shape index (κ3) is 2.71. The summed E-state index contributed by atoms with van der Waals surface area (Å²) >= 11 is 6.00. The number of para-hydroxylation sites is 1. The van der Waals surface area contributed by atoms with E-state index in [0.29, 0.717) is 11.4 Å². The van der Waals surface area contributed by atoms with E-state index in [4.69, 9.17) is 11.6 Å². The smallest absolute Gasteiger partial charge is 0.258 e. The molecule has 6 heteroatoms. The Morgan fingerprint density at radius 1 is 1.37 bits per heavy atom. The topological polar surface area (TPSA) is 68.9 Å². The van der Waals surface area contributed by atoms with Gasteiger partial charge in [-0.2, -0.15) is 0 Å². The number of nitrogens with zero attached hydrogens (tertiary/aromatic N) is 3. The maximum Gasteiger partial charge on any atom is 0.280 e. The fraction of sp³-hybridized carbons (Fsp3) is 0.231. The summed E-state index contributed by atoms with van der Waals surface area (Å²) in [6.45, 7) is 3.64. The molecule has 1 heterocycles. The number of aromatic nitrogens is 2. The van der Waals surface area contributed by atoms with Gasteiger partial charge in [0.05, 0.1) is 15.9 Å². The van der Waals surface area contributed by atoms with Crippen molar-refractivity contribution in [1.82, 2.24) is 9.97 Å². The van der Waals surface area contributed by atoms with Crippen LogP contribution in [0.2, 0.25) is 0 Å². The van der Waals surface area contributed by atoms with Crippen molar-refractivity contribution in [2.45, 2.75) is 19.2 Å². The average Bonchev–Trinajstić information content (AvgIpc) is 2.38. The summed E-state index contributed by atoms with van der Waals surface area (Å²) in [6.07, 6.45) is 1.62. The number of nitro groups is 1. The van der Waals surface area contributed by atoms with E-state index in [0.717, 1.165) is 11.3 Å². The molecule has 0 aliphatic heterocycles. The number of rotatable bonds is 3. The van der Waals surface area contributed by atoms with Crippen LogP contribution in [0, 0.1) is 17.0 Å². The first kappa shape index (κ1) is 13.4. The summed E-state index contributed by atoms with van der Waals surface area (Å²) in [5, 5.41) is 10.8. The Bertz CT molecular complexity index is 629. The van der Waals surface area contributed by atoms with Gasteiger partial charge in [0.25, 0.3) is 5.69 Å². The van der Waals surface area contributed by atoms with Crippen LogP contribution in [-0.2, 0) is 0 Å². The van der Waals surface area contributed by atoms with Gasteiger partial charge in [0.15, 0.2) is 5.82 Å². The second kappa shape index (κ2) is 5.32. The normalized spacial score (nSPS) is 12.2. The van der Waals surface area contributed by atoms with E-state index in [1.165, 1.54) is 6.07 Å². The third-order valence-corrected chi connectivity index (χ3v) is 3.02. The standard InChI is InChI=1S/C13H12ClN3O2/c1-8(14)11-7-15-13(16-9(11)2)10-5-3-4-6-12(10)17(18)19/h3-8H,1-2H3. The highest BCUT2D eigenvalue weighted by Gasteiger charge is 2.17. The number of aryl methyl sites for hydroxylation is 1. The van der Waals surface area contributed by atoms with Gasteiger partial charge < -0.3 is 0 Å². The number of hydrogen-bond donors (Lipinski definition) is 0. The van der Waals surface area contributed by atoms with Crippen molar-refractivity contribution in [2.24, 2.45) is 0 Å². The van der Waals surface area contributed by atoms with E-state index in [-0.39, 0.29) is 11.1 Å². The fourth-order valence-corrected chi connectivity index (χ4v) is 2.03. The van der Waals surface area contributed by atoms with Gasteiger partial charge in [0, 0.05) is 23.5 Å². The Morgan fingerprint density at radius 3 is 2.63 bits per heavy atom. The summed E-state index contributed by atoms with van der Waals surface area (Å²) in [4.78, 5) is 19.0. The zero-order chi connectivity index (χ0) is 14.0. The lowest BCUT2D eigenvalue weighted by Gasteiger charge is -2.08. The molecule has 0 saturated carbocycles. The molecule has 0 saturated heterocycles. The van der Waals surface area contributed by atoms with Crippen LogP contribution in [0.5, 0.6) is 0 Å². The van der Waals surface area contributed by atoms with Gasteiger partial charge in [-0.05, 0) is 19.9 Å². The van der Waals surface area contributed by atoms with E-state index >= 15 is 0 Å². The van der Waals surface area contributed by atoms with Crippen LogP contribution < -0.4 is 0 Å². The molecule has 19 heavy (non-hydrogen) atoms. The molecule has 98 valence electrons. The summed E-state index contributed by atoms with van der Waals surface area (Å²) in [5.41, 5.74) is 1.95. The molecule has 0 spiro atoms. The van der Waals surface area contributed by atoms with E-state index in [1.807, 2.05) is 13.8 Å². The van der Waals surface area contributed by atoms with Gasteiger partial charge in [-0.1, -0.05) is 12.1 Å². The van der Waals surface area contributed by atoms with Crippen LogP contribution in [0.25, 0.3) is 11.4 Å².